The summed E-state index contributed by atoms with van der Waals surface area (Å²) < 4.78 is 0. The van der Waals surface area contributed by atoms with Crippen LogP contribution in [0.2, 0.25) is 5.02 Å². The van der Waals surface area contributed by atoms with Gasteiger partial charge in [-0.1, -0.05) is 18.5 Å². The largest absolute Gasteiger partial charge is 0.357 e. The fraction of sp³-hybridized carbons (Fsp3) is 0.571. The van der Waals surface area contributed by atoms with Gasteiger partial charge in [0.15, 0.2) is 5.69 Å². The van der Waals surface area contributed by atoms with E-state index in [4.69, 9.17) is 16.9 Å². The van der Waals surface area contributed by atoms with Crippen LogP contribution in [0.4, 0.5) is 5.82 Å². The van der Waals surface area contributed by atoms with Gasteiger partial charge in [-0.15, -0.1) is 0 Å². The number of piperidine rings is 1. The molecule has 1 aliphatic heterocycles. The minimum Gasteiger partial charge on any atom is -0.357 e. The van der Waals surface area contributed by atoms with E-state index in [1.54, 1.807) is 6.07 Å². The normalized spacial score (nSPS) is 17.2. The lowest BCUT2D eigenvalue weighted by Crippen LogP contribution is -2.43. The molecule has 1 aliphatic rings. The summed E-state index contributed by atoms with van der Waals surface area (Å²) in [6.07, 6.45) is 2.27. The first kappa shape index (κ1) is 14.1. The van der Waals surface area contributed by atoms with E-state index in [-0.39, 0.29) is 0 Å². The van der Waals surface area contributed by atoms with Gasteiger partial charge in [0.1, 0.15) is 11.9 Å². The summed E-state index contributed by atoms with van der Waals surface area (Å²) in [7, 11) is 2.05. The molecule has 1 aromatic heterocycles. The Morgan fingerprint density at radius 3 is 2.74 bits per heavy atom. The first-order chi connectivity index (χ1) is 9.15. The number of hydrogen-bond acceptors (Lipinski definition) is 4. The summed E-state index contributed by atoms with van der Waals surface area (Å²) in [5.74, 6) is 0.830. The van der Waals surface area contributed by atoms with Gasteiger partial charge in [-0.05, 0) is 31.5 Å². The van der Waals surface area contributed by atoms with E-state index >= 15 is 0 Å². The molecule has 102 valence electrons. The highest BCUT2D eigenvalue weighted by Gasteiger charge is 2.22. The Bertz CT molecular complexity index is 475. The second-order valence-corrected chi connectivity index (χ2v) is 5.30. The van der Waals surface area contributed by atoms with Crippen molar-refractivity contribution in [3.05, 3.63) is 22.8 Å². The Balaban J connectivity index is 2.08. The summed E-state index contributed by atoms with van der Waals surface area (Å²) in [6.45, 7) is 5.58. The molecule has 1 saturated heterocycles. The molecule has 0 radical (unpaired) electrons. The highest BCUT2D eigenvalue weighted by molar-refractivity contribution is 6.31. The minimum atomic E-state index is 0.303. The molecule has 0 bridgehead atoms. The first-order valence-corrected chi connectivity index (χ1v) is 7.05. The molecule has 0 aromatic carbocycles. The highest BCUT2D eigenvalue weighted by atomic mass is 35.5. The van der Waals surface area contributed by atoms with E-state index < -0.39 is 0 Å². The SMILES string of the molecule is CCN1CCC(N(C)c2ccc(Cl)c(C#N)n2)CC1. The van der Waals surface area contributed by atoms with E-state index in [1.807, 2.05) is 19.2 Å². The lowest BCUT2D eigenvalue weighted by Gasteiger charge is -2.36. The number of anilines is 1. The van der Waals surface area contributed by atoms with E-state index in [9.17, 15) is 0 Å². The Labute approximate surface area is 119 Å². The molecule has 0 saturated carbocycles. The van der Waals surface area contributed by atoms with Gasteiger partial charge in [0, 0.05) is 26.2 Å². The van der Waals surface area contributed by atoms with Crippen LogP contribution in [0.25, 0.3) is 0 Å². The Morgan fingerprint density at radius 2 is 2.16 bits per heavy atom. The summed E-state index contributed by atoms with van der Waals surface area (Å²) in [5.41, 5.74) is 0.303. The van der Waals surface area contributed by atoms with Gasteiger partial charge in [0.05, 0.1) is 5.02 Å². The highest BCUT2D eigenvalue weighted by Crippen LogP contribution is 2.23. The maximum absolute atomic E-state index is 8.98. The molecule has 5 heteroatoms. The van der Waals surface area contributed by atoms with E-state index in [0.717, 1.165) is 38.3 Å². The molecule has 0 atom stereocenters. The van der Waals surface area contributed by atoms with Gasteiger partial charge in [-0.25, -0.2) is 4.98 Å². The van der Waals surface area contributed by atoms with Crippen LogP contribution >= 0.6 is 11.6 Å². The molecule has 2 heterocycles. The molecule has 1 fully saturated rings. The van der Waals surface area contributed by atoms with E-state index in [2.05, 4.69) is 21.7 Å². The van der Waals surface area contributed by atoms with Crippen LogP contribution in [0.15, 0.2) is 12.1 Å². The third-order valence-electron chi connectivity index (χ3n) is 3.85. The van der Waals surface area contributed by atoms with E-state index in [1.165, 1.54) is 0 Å². The summed E-state index contributed by atoms with van der Waals surface area (Å²) in [5, 5.41) is 9.40. The second kappa shape index (κ2) is 6.23. The molecule has 1 aromatic rings. The average molecular weight is 279 g/mol. The van der Waals surface area contributed by atoms with Gasteiger partial charge in [-0.3, -0.25) is 0 Å². The van der Waals surface area contributed by atoms with Crippen LogP contribution < -0.4 is 4.90 Å². The second-order valence-electron chi connectivity index (χ2n) is 4.89. The van der Waals surface area contributed by atoms with Gasteiger partial charge in [-0.2, -0.15) is 5.26 Å². The Kier molecular flexibility index (Phi) is 4.62. The zero-order valence-electron chi connectivity index (χ0n) is 11.4. The third kappa shape index (κ3) is 3.17. The molecule has 0 spiro atoms. The van der Waals surface area contributed by atoms with Crippen molar-refractivity contribution < 1.29 is 0 Å². The fourth-order valence-corrected chi connectivity index (χ4v) is 2.66. The van der Waals surface area contributed by atoms with Crippen molar-refractivity contribution in [2.75, 3.05) is 31.6 Å². The number of nitrogens with zero attached hydrogens (tertiary/aromatic N) is 4. The van der Waals surface area contributed by atoms with Crippen LogP contribution in [0, 0.1) is 11.3 Å². The van der Waals surface area contributed by atoms with Crippen molar-refractivity contribution >= 4 is 17.4 Å². The van der Waals surface area contributed by atoms with E-state index in [0.29, 0.717) is 16.8 Å². The predicted molar refractivity (Wildman–Crippen MR) is 77.5 cm³/mol. The minimum absolute atomic E-state index is 0.303. The van der Waals surface area contributed by atoms with Crippen molar-refractivity contribution in [1.29, 1.82) is 5.26 Å². The quantitative estimate of drug-likeness (QED) is 0.852. The average Bonchev–Trinajstić information content (AvgIpc) is 2.47. The number of pyridine rings is 1. The molecule has 0 unspecified atom stereocenters. The number of hydrogen-bond donors (Lipinski definition) is 0. The van der Waals surface area contributed by atoms with Crippen LogP contribution in [0.1, 0.15) is 25.5 Å². The number of likely N-dealkylation sites (tertiary alicyclic amines) is 1. The maximum Gasteiger partial charge on any atom is 0.161 e. The van der Waals surface area contributed by atoms with Gasteiger partial charge < -0.3 is 9.80 Å². The molecule has 0 amide bonds. The van der Waals surface area contributed by atoms with Crippen LogP contribution in [-0.2, 0) is 0 Å². The first-order valence-electron chi connectivity index (χ1n) is 6.67. The Hall–Kier alpha value is -1.31. The summed E-state index contributed by atoms with van der Waals surface area (Å²) in [4.78, 5) is 8.95. The third-order valence-corrected chi connectivity index (χ3v) is 4.16. The smallest absolute Gasteiger partial charge is 0.161 e. The molecular formula is C14H19ClN4. The van der Waals surface area contributed by atoms with Crippen molar-refractivity contribution in [1.82, 2.24) is 9.88 Å². The molecular weight excluding hydrogens is 260 g/mol. The molecule has 4 nitrogen and oxygen atoms in total. The van der Waals surface area contributed by atoms with Gasteiger partial charge in [0.2, 0.25) is 0 Å². The number of rotatable bonds is 3. The predicted octanol–water partition coefficient (Wildman–Crippen LogP) is 2.53. The lowest BCUT2D eigenvalue weighted by molar-refractivity contribution is 0.220. The standard InChI is InChI=1S/C14H19ClN4/c1-3-19-8-6-11(7-9-19)18(2)14-5-4-12(15)13(10-16)17-14/h4-5,11H,3,6-9H2,1-2H3. The molecule has 2 rings (SSSR count). The lowest BCUT2D eigenvalue weighted by atomic mass is 10.0. The fourth-order valence-electron chi connectivity index (χ4n) is 2.52. The topological polar surface area (TPSA) is 43.2 Å². The monoisotopic (exact) mass is 278 g/mol. The van der Waals surface area contributed by atoms with Crippen molar-refractivity contribution in [2.24, 2.45) is 0 Å². The van der Waals surface area contributed by atoms with Crippen molar-refractivity contribution in [3.8, 4) is 6.07 Å². The van der Waals surface area contributed by atoms with Crippen molar-refractivity contribution in [3.63, 3.8) is 0 Å². The molecule has 0 aliphatic carbocycles. The van der Waals surface area contributed by atoms with Crippen molar-refractivity contribution in [2.45, 2.75) is 25.8 Å². The van der Waals surface area contributed by atoms with Crippen LogP contribution in [0.3, 0.4) is 0 Å². The molecule has 19 heavy (non-hydrogen) atoms. The zero-order chi connectivity index (χ0) is 13.8. The number of aromatic nitrogens is 1. The van der Waals surface area contributed by atoms with Gasteiger partial charge in [0.25, 0.3) is 0 Å². The Morgan fingerprint density at radius 1 is 1.47 bits per heavy atom. The maximum atomic E-state index is 8.98. The van der Waals surface area contributed by atoms with Crippen LogP contribution in [0.5, 0.6) is 0 Å². The number of nitriles is 1. The summed E-state index contributed by atoms with van der Waals surface area (Å²) >= 11 is 5.91. The summed E-state index contributed by atoms with van der Waals surface area (Å²) in [6, 6.07) is 6.15. The molecule has 0 N–H and O–H groups in total. The van der Waals surface area contributed by atoms with Crippen LogP contribution in [-0.4, -0.2) is 42.6 Å². The zero-order valence-corrected chi connectivity index (χ0v) is 12.2. The van der Waals surface area contributed by atoms with Gasteiger partial charge >= 0.3 is 0 Å². The number of halogens is 1.